The second kappa shape index (κ2) is 10.3. The summed E-state index contributed by atoms with van der Waals surface area (Å²) in [5.41, 5.74) is 0.944. The van der Waals surface area contributed by atoms with Crippen molar-refractivity contribution in [3.8, 4) is 0 Å². The van der Waals surface area contributed by atoms with Crippen molar-refractivity contribution in [3.05, 3.63) is 97.2 Å². The van der Waals surface area contributed by atoms with Gasteiger partial charge in [0.1, 0.15) is 5.82 Å². The van der Waals surface area contributed by atoms with Crippen LogP contribution < -0.4 is 5.32 Å². The zero-order chi connectivity index (χ0) is 26.2. The van der Waals surface area contributed by atoms with E-state index >= 15 is 0 Å². The molecule has 0 spiro atoms. The van der Waals surface area contributed by atoms with Gasteiger partial charge in [0.05, 0.1) is 32.7 Å². The number of nitrogens with one attached hydrogen (secondary N) is 1. The number of nitrogens with zero attached hydrogens (tertiary/aromatic N) is 1. The number of carbonyl (C=O) groups excluding carboxylic acids is 2. The summed E-state index contributed by atoms with van der Waals surface area (Å²) in [5.74, 6) is -2.25. The number of alkyl halides is 3. The van der Waals surface area contributed by atoms with Gasteiger partial charge in [0.25, 0.3) is 5.91 Å². The second-order valence-corrected chi connectivity index (χ2v) is 9.42. The first-order valence-electron chi connectivity index (χ1n) is 10.6. The zero-order valence-corrected chi connectivity index (χ0v) is 20.6. The standard InChI is InChI=1S/C25H17Cl3F4N2O2/c26-18-5-2-14(11-20(18)28)24(36)34-8-7-16-15(12-34)3-6-19(27)23(16)33-22(35)10-13-1-4-17(21(29)9-13)25(30,31)32/h1-6,9,11H,7-8,10,12H2,(H,33,35). The molecular weight excluding hydrogens is 543 g/mol. The minimum atomic E-state index is -4.82. The van der Waals surface area contributed by atoms with Crippen LogP contribution in [0, 0.1) is 5.82 Å². The number of hydrogen-bond acceptors (Lipinski definition) is 2. The van der Waals surface area contributed by atoms with Crippen molar-refractivity contribution in [2.45, 2.75) is 25.6 Å². The Balaban J connectivity index is 1.49. The maximum absolute atomic E-state index is 13.9. The first-order chi connectivity index (χ1) is 16.9. The summed E-state index contributed by atoms with van der Waals surface area (Å²) in [6.45, 7) is 0.609. The first kappa shape index (κ1) is 26.3. The van der Waals surface area contributed by atoms with Gasteiger partial charge in [-0.1, -0.05) is 46.9 Å². The molecule has 188 valence electrons. The normalized spacial score (nSPS) is 13.4. The van der Waals surface area contributed by atoms with Gasteiger partial charge in [-0.15, -0.1) is 0 Å². The average molecular weight is 560 g/mol. The van der Waals surface area contributed by atoms with E-state index in [0.717, 1.165) is 17.2 Å². The van der Waals surface area contributed by atoms with Crippen LogP contribution in [0.25, 0.3) is 0 Å². The number of benzene rings is 3. The molecule has 1 N–H and O–H groups in total. The Labute approximate surface area is 218 Å². The Morgan fingerprint density at radius 2 is 1.67 bits per heavy atom. The van der Waals surface area contributed by atoms with Gasteiger partial charge in [-0.25, -0.2) is 4.39 Å². The lowest BCUT2D eigenvalue weighted by Crippen LogP contribution is -2.36. The van der Waals surface area contributed by atoms with Crippen molar-refractivity contribution in [2.75, 3.05) is 11.9 Å². The Morgan fingerprint density at radius 1 is 0.944 bits per heavy atom. The van der Waals surface area contributed by atoms with Crippen LogP contribution in [0.1, 0.15) is 32.6 Å². The summed E-state index contributed by atoms with van der Waals surface area (Å²) in [4.78, 5) is 27.2. The fraction of sp³-hybridized carbons (Fsp3) is 0.200. The molecule has 4 nitrogen and oxygen atoms in total. The molecule has 36 heavy (non-hydrogen) atoms. The van der Waals surface area contributed by atoms with Crippen LogP contribution in [0.3, 0.4) is 0 Å². The summed E-state index contributed by atoms with van der Waals surface area (Å²) in [5, 5.41) is 3.57. The van der Waals surface area contributed by atoms with Gasteiger partial charge in [0.15, 0.2) is 0 Å². The molecule has 0 saturated heterocycles. The summed E-state index contributed by atoms with van der Waals surface area (Å²) in [7, 11) is 0. The van der Waals surface area contributed by atoms with Crippen molar-refractivity contribution in [3.63, 3.8) is 0 Å². The molecule has 3 aromatic rings. The molecular formula is C25H17Cl3F4N2O2. The fourth-order valence-corrected chi connectivity index (χ4v) is 4.54. The van der Waals surface area contributed by atoms with Gasteiger partial charge < -0.3 is 10.2 Å². The van der Waals surface area contributed by atoms with Gasteiger partial charge >= 0.3 is 6.18 Å². The van der Waals surface area contributed by atoms with E-state index in [2.05, 4.69) is 5.32 Å². The lowest BCUT2D eigenvalue weighted by Gasteiger charge is -2.30. The molecule has 1 aliphatic heterocycles. The molecule has 0 radical (unpaired) electrons. The quantitative estimate of drug-likeness (QED) is 0.344. The Kier molecular flexibility index (Phi) is 7.50. The Bertz CT molecular complexity index is 1360. The highest BCUT2D eigenvalue weighted by molar-refractivity contribution is 6.42. The summed E-state index contributed by atoms with van der Waals surface area (Å²) < 4.78 is 52.2. The molecule has 0 fully saturated rings. The van der Waals surface area contributed by atoms with E-state index in [0.29, 0.717) is 41.4 Å². The van der Waals surface area contributed by atoms with Crippen LogP contribution >= 0.6 is 34.8 Å². The van der Waals surface area contributed by atoms with Crippen molar-refractivity contribution in [1.82, 2.24) is 4.90 Å². The van der Waals surface area contributed by atoms with Crippen LogP contribution in [0.2, 0.25) is 15.1 Å². The molecule has 0 saturated carbocycles. The number of fused-ring (bicyclic) bond motifs is 1. The molecule has 11 heteroatoms. The smallest absolute Gasteiger partial charge is 0.334 e. The SMILES string of the molecule is O=C(Cc1ccc(C(F)(F)F)c(F)c1)Nc1c(Cl)ccc2c1CCN(C(=O)c1ccc(Cl)c(Cl)c1)C2. The van der Waals surface area contributed by atoms with Crippen LogP contribution in [-0.4, -0.2) is 23.3 Å². The van der Waals surface area contributed by atoms with E-state index in [4.69, 9.17) is 34.8 Å². The van der Waals surface area contributed by atoms with Crippen molar-refractivity contribution in [2.24, 2.45) is 0 Å². The molecule has 4 rings (SSSR count). The Morgan fingerprint density at radius 3 is 2.33 bits per heavy atom. The maximum Gasteiger partial charge on any atom is 0.419 e. The number of anilines is 1. The predicted octanol–water partition coefficient (Wildman–Crippen LogP) is 7.18. The van der Waals surface area contributed by atoms with Crippen molar-refractivity contribution < 1.29 is 27.2 Å². The average Bonchev–Trinajstić information content (AvgIpc) is 2.81. The van der Waals surface area contributed by atoms with E-state index in [-0.39, 0.29) is 34.5 Å². The molecule has 0 atom stereocenters. The zero-order valence-electron chi connectivity index (χ0n) is 18.4. The predicted molar refractivity (Wildman–Crippen MR) is 130 cm³/mol. The second-order valence-electron chi connectivity index (χ2n) is 8.20. The lowest BCUT2D eigenvalue weighted by atomic mass is 9.96. The van der Waals surface area contributed by atoms with Crippen molar-refractivity contribution in [1.29, 1.82) is 0 Å². The molecule has 0 aliphatic carbocycles. The van der Waals surface area contributed by atoms with Crippen LogP contribution in [0.5, 0.6) is 0 Å². The van der Waals surface area contributed by atoms with E-state index in [9.17, 15) is 27.2 Å². The molecule has 2 amide bonds. The number of carbonyl (C=O) groups is 2. The van der Waals surface area contributed by atoms with E-state index in [1.54, 1.807) is 29.2 Å². The third-order valence-electron chi connectivity index (χ3n) is 5.77. The molecule has 3 aromatic carbocycles. The van der Waals surface area contributed by atoms with Gasteiger partial charge in [-0.2, -0.15) is 13.2 Å². The highest BCUT2D eigenvalue weighted by Crippen LogP contribution is 2.34. The van der Waals surface area contributed by atoms with E-state index in [1.165, 1.54) is 6.07 Å². The maximum atomic E-state index is 13.9. The highest BCUT2D eigenvalue weighted by atomic mass is 35.5. The van der Waals surface area contributed by atoms with Gasteiger partial charge in [0, 0.05) is 18.7 Å². The van der Waals surface area contributed by atoms with Crippen molar-refractivity contribution >= 4 is 52.3 Å². The Hall–Kier alpha value is -2.81. The molecule has 1 heterocycles. The molecule has 1 aliphatic rings. The van der Waals surface area contributed by atoms with Gasteiger partial charge in [-0.3, -0.25) is 9.59 Å². The summed E-state index contributed by atoms with van der Waals surface area (Å²) in [6.07, 6.45) is -4.78. The minimum absolute atomic E-state index is 0.0809. The van der Waals surface area contributed by atoms with Crippen LogP contribution in [-0.2, 0) is 30.4 Å². The fourth-order valence-electron chi connectivity index (χ4n) is 4.02. The number of rotatable bonds is 4. The van der Waals surface area contributed by atoms with E-state index in [1.807, 2.05) is 0 Å². The third kappa shape index (κ3) is 5.61. The number of hydrogen-bond donors (Lipinski definition) is 1. The van der Waals surface area contributed by atoms with Gasteiger partial charge in [-0.05, 0) is 59.5 Å². The summed E-state index contributed by atoms with van der Waals surface area (Å²) in [6, 6.07) is 10.3. The summed E-state index contributed by atoms with van der Waals surface area (Å²) >= 11 is 18.3. The van der Waals surface area contributed by atoms with Crippen LogP contribution in [0.4, 0.5) is 23.2 Å². The highest BCUT2D eigenvalue weighted by Gasteiger charge is 2.34. The topological polar surface area (TPSA) is 49.4 Å². The number of halogens is 7. The largest absolute Gasteiger partial charge is 0.419 e. The molecule has 0 bridgehead atoms. The monoisotopic (exact) mass is 558 g/mol. The lowest BCUT2D eigenvalue weighted by molar-refractivity contribution is -0.140. The first-order valence-corrected chi connectivity index (χ1v) is 11.8. The van der Waals surface area contributed by atoms with Crippen LogP contribution in [0.15, 0.2) is 48.5 Å². The third-order valence-corrected chi connectivity index (χ3v) is 6.83. The molecule has 0 aromatic heterocycles. The van der Waals surface area contributed by atoms with E-state index < -0.39 is 23.5 Å². The minimum Gasteiger partial charge on any atom is -0.334 e. The molecule has 0 unspecified atom stereocenters. The number of amides is 2. The van der Waals surface area contributed by atoms with Gasteiger partial charge in [0.2, 0.25) is 5.91 Å².